The van der Waals surface area contributed by atoms with E-state index in [-0.39, 0.29) is 10.7 Å². The van der Waals surface area contributed by atoms with Crippen molar-refractivity contribution in [2.24, 2.45) is 0 Å². The van der Waals surface area contributed by atoms with Gasteiger partial charge in [-0.1, -0.05) is 11.6 Å². The molecule has 0 saturated heterocycles. The number of ether oxygens (including phenoxy) is 2. The maximum atomic E-state index is 12.7. The minimum Gasteiger partial charge on any atom is -0.466 e. The number of alkyl halides is 3. The van der Waals surface area contributed by atoms with Crippen LogP contribution in [0.3, 0.4) is 0 Å². The molecule has 0 amide bonds. The van der Waals surface area contributed by atoms with Crippen molar-refractivity contribution in [3.8, 4) is 0 Å². The van der Waals surface area contributed by atoms with E-state index in [4.69, 9.17) is 11.6 Å². The number of nitrogens with one attached hydrogen (secondary N) is 1. The van der Waals surface area contributed by atoms with Crippen molar-refractivity contribution in [2.75, 3.05) is 19.5 Å². The highest BCUT2D eigenvalue weighted by molar-refractivity contribution is 6.33. The molecule has 0 aliphatic rings. The molecule has 1 N–H and O–H groups in total. The summed E-state index contributed by atoms with van der Waals surface area (Å²) >= 11 is 5.78. The van der Waals surface area contributed by atoms with Crippen LogP contribution >= 0.6 is 11.6 Å². The lowest BCUT2D eigenvalue weighted by Gasteiger charge is -2.13. The number of carbonyl (C=O) groups excluding carboxylic acids is 2. The van der Waals surface area contributed by atoms with Crippen LogP contribution in [0.5, 0.6) is 0 Å². The first-order chi connectivity index (χ1) is 10.2. The molecule has 0 aliphatic carbocycles. The third kappa shape index (κ3) is 4.66. The van der Waals surface area contributed by atoms with E-state index in [0.717, 1.165) is 32.4 Å². The summed E-state index contributed by atoms with van der Waals surface area (Å²) in [6.45, 7) is 0. The predicted molar refractivity (Wildman–Crippen MR) is 72.2 cm³/mol. The maximum Gasteiger partial charge on any atom is 0.416 e. The van der Waals surface area contributed by atoms with Gasteiger partial charge in [0.25, 0.3) is 0 Å². The zero-order chi connectivity index (χ0) is 16.9. The van der Waals surface area contributed by atoms with Crippen molar-refractivity contribution in [3.05, 3.63) is 40.6 Å². The SMILES string of the molecule is COC(=O)/C=C(/Nc1cc(C(F)(F)F)ccc1Cl)C(=O)OC. The van der Waals surface area contributed by atoms with Crippen LogP contribution in [0.25, 0.3) is 0 Å². The Bertz CT molecular complexity index is 614. The van der Waals surface area contributed by atoms with E-state index in [1.165, 1.54) is 0 Å². The molecular weight excluding hydrogens is 327 g/mol. The zero-order valence-electron chi connectivity index (χ0n) is 11.5. The van der Waals surface area contributed by atoms with Crippen LogP contribution in [0.4, 0.5) is 18.9 Å². The largest absolute Gasteiger partial charge is 0.466 e. The smallest absolute Gasteiger partial charge is 0.416 e. The Morgan fingerprint density at radius 1 is 1.23 bits per heavy atom. The van der Waals surface area contributed by atoms with Gasteiger partial charge in [-0.2, -0.15) is 13.2 Å². The van der Waals surface area contributed by atoms with Crippen molar-refractivity contribution >= 4 is 29.2 Å². The molecular formula is C13H11ClF3NO4. The number of carbonyl (C=O) groups is 2. The van der Waals surface area contributed by atoms with Crippen molar-refractivity contribution in [1.82, 2.24) is 0 Å². The van der Waals surface area contributed by atoms with Gasteiger partial charge in [-0.25, -0.2) is 9.59 Å². The number of esters is 2. The summed E-state index contributed by atoms with van der Waals surface area (Å²) in [7, 11) is 2.12. The van der Waals surface area contributed by atoms with Gasteiger partial charge in [0, 0.05) is 0 Å². The Kier molecular flexibility index (Phi) is 5.81. The molecule has 0 fully saturated rings. The molecule has 0 bridgehead atoms. The maximum absolute atomic E-state index is 12.7. The molecule has 1 rings (SSSR count). The number of rotatable bonds is 4. The molecule has 9 heteroatoms. The predicted octanol–water partition coefficient (Wildman–Crippen LogP) is 3.00. The van der Waals surface area contributed by atoms with E-state index >= 15 is 0 Å². The van der Waals surface area contributed by atoms with Gasteiger partial charge in [0.1, 0.15) is 5.70 Å². The van der Waals surface area contributed by atoms with Gasteiger partial charge in [0.15, 0.2) is 0 Å². The average molecular weight is 338 g/mol. The second-order valence-corrected chi connectivity index (χ2v) is 4.30. The summed E-state index contributed by atoms with van der Waals surface area (Å²) in [5.41, 5.74) is -1.60. The lowest BCUT2D eigenvalue weighted by atomic mass is 10.2. The number of benzene rings is 1. The van der Waals surface area contributed by atoms with Crippen LogP contribution in [-0.2, 0) is 25.2 Å². The minimum atomic E-state index is -4.58. The van der Waals surface area contributed by atoms with Gasteiger partial charge in [-0.15, -0.1) is 0 Å². The fourth-order valence-corrected chi connectivity index (χ4v) is 1.54. The van der Waals surface area contributed by atoms with E-state index in [1.54, 1.807) is 0 Å². The minimum absolute atomic E-state index is 0.0762. The van der Waals surface area contributed by atoms with Crippen LogP contribution in [0.1, 0.15) is 5.56 Å². The zero-order valence-corrected chi connectivity index (χ0v) is 12.2. The number of hydrogen-bond donors (Lipinski definition) is 1. The third-order valence-corrected chi connectivity index (χ3v) is 2.76. The van der Waals surface area contributed by atoms with E-state index in [9.17, 15) is 22.8 Å². The van der Waals surface area contributed by atoms with Crippen LogP contribution in [-0.4, -0.2) is 26.2 Å². The van der Waals surface area contributed by atoms with Crippen molar-refractivity contribution in [3.63, 3.8) is 0 Å². The van der Waals surface area contributed by atoms with Crippen LogP contribution in [0, 0.1) is 0 Å². The second-order valence-electron chi connectivity index (χ2n) is 3.89. The van der Waals surface area contributed by atoms with Gasteiger partial charge >= 0.3 is 18.1 Å². The first-order valence-corrected chi connectivity index (χ1v) is 6.08. The highest BCUT2D eigenvalue weighted by atomic mass is 35.5. The standard InChI is InChI=1S/C13H11ClF3NO4/c1-21-11(19)6-10(12(20)22-2)18-9-5-7(13(15,16)17)3-4-8(9)14/h3-6,18H,1-2H3/b10-6+. The molecule has 5 nitrogen and oxygen atoms in total. The molecule has 0 radical (unpaired) electrons. The molecule has 0 aromatic heterocycles. The topological polar surface area (TPSA) is 64.6 Å². The van der Waals surface area contributed by atoms with Gasteiger partial charge in [-0.3, -0.25) is 0 Å². The molecule has 1 aromatic carbocycles. The fourth-order valence-electron chi connectivity index (χ4n) is 1.38. The summed E-state index contributed by atoms with van der Waals surface area (Å²) in [4.78, 5) is 22.7. The number of halogens is 4. The van der Waals surface area contributed by atoms with E-state index < -0.39 is 29.4 Å². The van der Waals surface area contributed by atoms with Crippen molar-refractivity contribution < 1.29 is 32.2 Å². The first kappa shape index (κ1) is 17.8. The number of methoxy groups -OCH3 is 2. The summed E-state index contributed by atoms with van der Waals surface area (Å²) in [6.07, 6.45) is -3.85. The van der Waals surface area contributed by atoms with E-state index in [1.807, 2.05) is 0 Å². The lowest BCUT2D eigenvalue weighted by Crippen LogP contribution is -2.16. The Labute approximate surface area is 128 Å². The van der Waals surface area contributed by atoms with Crippen molar-refractivity contribution in [2.45, 2.75) is 6.18 Å². The lowest BCUT2D eigenvalue weighted by molar-refractivity contribution is -0.138. The van der Waals surface area contributed by atoms with Crippen LogP contribution in [0.15, 0.2) is 30.0 Å². The van der Waals surface area contributed by atoms with Crippen molar-refractivity contribution in [1.29, 1.82) is 0 Å². The van der Waals surface area contributed by atoms with E-state index in [0.29, 0.717) is 6.07 Å². The summed E-state index contributed by atoms with van der Waals surface area (Å²) < 4.78 is 46.8. The molecule has 120 valence electrons. The first-order valence-electron chi connectivity index (χ1n) is 5.70. The summed E-state index contributed by atoms with van der Waals surface area (Å²) in [6, 6.07) is 2.51. The molecule has 0 heterocycles. The highest BCUT2D eigenvalue weighted by Crippen LogP contribution is 2.34. The molecule has 0 saturated carbocycles. The third-order valence-electron chi connectivity index (χ3n) is 2.43. The Balaban J connectivity index is 3.21. The highest BCUT2D eigenvalue weighted by Gasteiger charge is 2.31. The van der Waals surface area contributed by atoms with Gasteiger partial charge in [0.2, 0.25) is 0 Å². The second kappa shape index (κ2) is 7.17. The summed E-state index contributed by atoms with van der Waals surface area (Å²) in [5, 5.41) is 2.25. The number of hydrogen-bond acceptors (Lipinski definition) is 5. The monoisotopic (exact) mass is 337 g/mol. The molecule has 0 spiro atoms. The Hall–Kier alpha value is -2.22. The molecule has 0 unspecified atom stereocenters. The van der Waals surface area contributed by atoms with Crippen LogP contribution < -0.4 is 5.32 Å². The quantitative estimate of drug-likeness (QED) is 0.676. The Morgan fingerprint density at radius 2 is 1.86 bits per heavy atom. The van der Waals surface area contributed by atoms with Crippen LogP contribution in [0.2, 0.25) is 5.02 Å². The molecule has 1 aromatic rings. The van der Waals surface area contributed by atoms with E-state index in [2.05, 4.69) is 14.8 Å². The fraction of sp³-hybridized carbons (Fsp3) is 0.231. The van der Waals surface area contributed by atoms with Gasteiger partial charge < -0.3 is 14.8 Å². The molecule has 22 heavy (non-hydrogen) atoms. The average Bonchev–Trinajstić information content (AvgIpc) is 2.46. The molecule has 0 aliphatic heterocycles. The Morgan fingerprint density at radius 3 is 2.36 bits per heavy atom. The summed E-state index contributed by atoms with van der Waals surface area (Å²) in [5.74, 6) is -1.87. The normalized spacial score (nSPS) is 11.8. The molecule has 0 atom stereocenters. The van der Waals surface area contributed by atoms with Gasteiger partial charge in [0.05, 0.1) is 36.6 Å². The van der Waals surface area contributed by atoms with Gasteiger partial charge in [-0.05, 0) is 18.2 Å². The number of anilines is 1.